The average molecular weight is 445 g/mol. The Morgan fingerprint density at radius 2 is 1.79 bits per heavy atom. The molecule has 3 aromatic rings. The van der Waals surface area contributed by atoms with Crippen LogP contribution in [0.1, 0.15) is 25.0 Å². The van der Waals surface area contributed by atoms with Crippen molar-refractivity contribution in [3.8, 4) is 11.5 Å². The van der Waals surface area contributed by atoms with Gasteiger partial charge in [-0.3, -0.25) is 9.59 Å². The predicted octanol–water partition coefficient (Wildman–Crippen LogP) is 4.62. The van der Waals surface area contributed by atoms with Crippen molar-refractivity contribution in [2.24, 2.45) is 0 Å². The zero-order valence-electron chi connectivity index (χ0n) is 18.9. The number of amides is 2. The molecule has 33 heavy (non-hydrogen) atoms. The Kier molecular flexibility index (Phi) is 6.93. The molecule has 0 saturated heterocycles. The molecule has 0 aliphatic carbocycles. The lowest BCUT2D eigenvalue weighted by molar-refractivity contribution is -0.125. The van der Waals surface area contributed by atoms with Gasteiger partial charge in [-0.15, -0.1) is 0 Å². The van der Waals surface area contributed by atoms with E-state index < -0.39 is 6.10 Å². The summed E-state index contributed by atoms with van der Waals surface area (Å²) in [5.74, 6) is 1.20. The fourth-order valence-electron chi connectivity index (χ4n) is 3.86. The van der Waals surface area contributed by atoms with Gasteiger partial charge < -0.3 is 19.7 Å². The highest BCUT2D eigenvalue weighted by Crippen LogP contribution is 2.36. The molecule has 1 N–H and O–H groups in total. The molecular formula is C27H28N2O4. The fourth-order valence-corrected chi connectivity index (χ4v) is 3.86. The zero-order valence-corrected chi connectivity index (χ0v) is 18.9. The standard InChI is InChI=1S/C27H28N2O4/c1-3-32-23-12-9-21(10-13-23)17-26(30)28-22-11-14-25-24(18-22)29(27(31)19(2)33-25)16-15-20-7-5-4-6-8-20/h4-14,18-19H,3,15-17H2,1-2H3,(H,28,30). The maximum absolute atomic E-state index is 12.9. The summed E-state index contributed by atoms with van der Waals surface area (Å²) in [5, 5.41) is 2.94. The lowest BCUT2D eigenvalue weighted by Crippen LogP contribution is -2.45. The summed E-state index contributed by atoms with van der Waals surface area (Å²) in [4.78, 5) is 27.2. The molecule has 1 heterocycles. The normalized spacial score (nSPS) is 14.9. The van der Waals surface area contributed by atoms with E-state index in [0.717, 1.165) is 23.3 Å². The van der Waals surface area contributed by atoms with E-state index in [1.54, 1.807) is 30.0 Å². The minimum absolute atomic E-state index is 0.0868. The largest absolute Gasteiger partial charge is 0.494 e. The molecule has 6 nitrogen and oxygen atoms in total. The zero-order chi connectivity index (χ0) is 23.2. The number of nitrogens with zero attached hydrogens (tertiary/aromatic N) is 1. The first-order valence-corrected chi connectivity index (χ1v) is 11.2. The van der Waals surface area contributed by atoms with Crippen LogP contribution < -0.4 is 19.7 Å². The Morgan fingerprint density at radius 3 is 2.52 bits per heavy atom. The second-order valence-electron chi connectivity index (χ2n) is 7.97. The Bertz CT molecular complexity index is 1110. The molecule has 0 fully saturated rings. The maximum Gasteiger partial charge on any atom is 0.267 e. The highest BCUT2D eigenvalue weighted by Gasteiger charge is 2.31. The van der Waals surface area contributed by atoms with Crippen molar-refractivity contribution in [1.29, 1.82) is 0 Å². The smallest absolute Gasteiger partial charge is 0.267 e. The summed E-state index contributed by atoms with van der Waals surface area (Å²) in [6.45, 7) is 4.83. The van der Waals surface area contributed by atoms with Crippen molar-refractivity contribution in [2.75, 3.05) is 23.4 Å². The quantitative estimate of drug-likeness (QED) is 0.550. The monoisotopic (exact) mass is 444 g/mol. The van der Waals surface area contributed by atoms with Gasteiger partial charge in [-0.1, -0.05) is 42.5 Å². The van der Waals surface area contributed by atoms with Crippen molar-refractivity contribution in [2.45, 2.75) is 32.8 Å². The molecule has 0 saturated carbocycles. The molecule has 0 bridgehead atoms. The number of carbonyl (C=O) groups is 2. The molecule has 2 amide bonds. The highest BCUT2D eigenvalue weighted by atomic mass is 16.5. The SMILES string of the molecule is CCOc1ccc(CC(=O)Nc2ccc3c(c2)N(CCc2ccccc2)C(=O)C(C)O3)cc1. The number of carbonyl (C=O) groups excluding carboxylic acids is 2. The first-order valence-electron chi connectivity index (χ1n) is 11.2. The van der Waals surface area contributed by atoms with E-state index in [9.17, 15) is 9.59 Å². The summed E-state index contributed by atoms with van der Waals surface area (Å²) >= 11 is 0. The average Bonchev–Trinajstić information content (AvgIpc) is 2.82. The molecule has 0 spiro atoms. The number of nitrogens with one attached hydrogen (secondary N) is 1. The molecule has 0 aromatic heterocycles. The van der Waals surface area contributed by atoms with E-state index >= 15 is 0 Å². The third-order valence-electron chi connectivity index (χ3n) is 5.52. The number of hydrogen-bond acceptors (Lipinski definition) is 4. The molecular weight excluding hydrogens is 416 g/mol. The summed E-state index contributed by atoms with van der Waals surface area (Å²) < 4.78 is 11.2. The Morgan fingerprint density at radius 1 is 1.03 bits per heavy atom. The molecule has 1 atom stereocenters. The number of rotatable bonds is 8. The van der Waals surface area contributed by atoms with E-state index in [1.807, 2.05) is 61.5 Å². The van der Waals surface area contributed by atoms with Crippen LogP contribution >= 0.6 is 0 Å². The number of ether oxygens (including phenoxy) is 2. The van der Waals surface area contributed by atoms with Gasteiger partial charge >= 0.3 is 0 Å². The number of hydrogen-bond donors (Lipinski definition) is 1. The molecule has 1 aliphatic heterocycles. The molecule has 4 rings (SSSR count). The van der Waals surface area contributed by atoms with Crippen LogP contribution in [0.5, 0.6) is 11.5 Å². The van der Waals surface area contributed by atoms with Gasteiger partial charge in [0.15, 0.2) is 6.10 Å². The lowest BCUT2D eigenvalue weighted by Gasteiger charge is -2.33. The van der Waals surface area contributed by atoms with Crippen molar-refractivity contribution in [3.63, 3.8) is 0 Å². The van der Waals surface area contributed by atoms with E-state index in [1.165, 1.54) is 0 Å². The van der Waals surface area contributed by atoms with Crippen LogP contribution in [-0.2, 0) is 22.4 Å². The Hall–Kier alpha value is -3.80. The summed E-state index contributed by atoms with van der Waals surface area (Å²) in [7, 11) is 0. The number of anilines is 2. The molecule has 1 aliphatic rings. The van der Waals surface area contributed by atoms with Crippen LogP contribution in [0.3, 0.4) is 0 Å². The maximum atomic E-state index is 12.9. The van der Waals surface area contributed by atoms with Gasteiger partial charge in [0.25, 0.3) is 5.91 Å². The van der Waals surface area contributed by atoms with Crippen LogP contribution in [0.25, 0.3) is 0 Å². The van der Waals surface area contributed by atoms with Gasteiger partial charge in [0.05, 0.1) is 18.7 Å². The minimum atomic E-state index is -0.548. The van der Waals surface area contributed by atoms with Crippen molar-refractivity contribution < 1.29 is 19.1 Å². The topological polar surface area (TPSA) is 67.9 Å². The fraction of sp³-hybridized carbons (Fsp3) is 0.259. The molecule has 6 heteroatoms. The van der Waals surface area contributed by atoms with Gasteiger partial charge in [-0.25, -0.2) is 0 Å². The first kappa shape index (κ1) is 22.4. The van der Waals surface area contributed by atoms with Crippen molar-refractivity contribution in [3.05, 3.63) is 83.9 Å². The van der Waals surface area contributed by atoms with E-state index in [-0.39, 0.29) is 18.2 Å². The third-order valence-corrected chi connectivity index (χ3v) is 5.52. The van der Waals surface area contributed by atoms with E-state index in [2.05, 4.69) is 5.32 Å². The van der Waals surface area contributed by atoms with Gasteiger partial charge in [-0.05, 0) is 61.7 Å². The molecule has 0 radical (unpaired) electrons. The Labute approximate surface area is 194 Å². The lowest BCUT2D eigenvalue weighted by atomic mass is 10.1. The number of benzene rings is 3. The van der Waals surface area contributed by atoms with Gasteiger partial charge in [0, 0.05) is 12.2 Å². The molecule has 170 valence electrons. The van der Waals surface area contributed by atoms with Crippen LogP contribution in [-0.4, -0.2) is 31.1 Å². The van der Waals surface area contributed by atoms with Crippen molar-refractivity contribution in [1.82, 2.24) is 0 Å². The van der Waals surface area contributed by atoms with Crippen LogP contribution in [0.15, 0.2) is 72.8 Å². The van der Waals surface area contributed by atoms with Gasteiger partial charge in [-0.2, -0.15) is 0 Å². The van der Waals surface area contributed by atoms with Crippen LogP contribution in [0.2, 0.25) is 0 Å². The van der Waals surface area contributed by atoms with Crippen molar-refractivity contribution >= 4 is 23.2 Å². The second kappa shape index (κ2) is 10.2. The summed E-state index contributed by atoms with van der Waals surface area (Å²) in [6.07, 6.45) is 0.425. The van der Waals surface area contributed by atoms with Crippen LogP contribution in [0, 0.1) is 0 Å². The van der Waals surface area contributed by atoms with E-state index in [0.29, 0.717) is 30.3 Å². The predicted molar refractivity (Wildman–Crippen MR) is 129 cm³/mol. The van der Waals surface area contributed by atoms with Gasteiger partial charge in [0.2, 0.25) is 5.91 Å². The highest BCUT2D eigenvalue weighted by molar-refractivity contribution is 6.01. The third kappa shape index (κ3) is 5.52. The minimum Gasteiger partial charge on any atom is -0.494 e. The second-order valence-corrected chi connectivity index (χ2v) is 7.97. The Balaban J connectivity index is 1.46. The summed E-state index contributed by atoms with van der Waals surface area (Å²) in [6, 6.07) is 23.0. The molecule has 3 aromatic carbocycles. The molecule has 1 unspecified atom stereocenters. The van der Waals surface area contributed by atoms with Gasteiger partial charge in [0.1, 0.15) is 11.5 Å². The first-order chi connectivity index (χ1) is 16.0. The van der Waals surface area contributed by atoms with E-state index in [4.69, 9.17) is 9.47 Å². The number of fused-ring (bicyclic) bond motifs is 1. The van der Waals surface area contributed by atoms with Crippen LogP contribution in [0.4, 0.5) is 11.4 Å². The summed E-state index contributed by atoms with van der Waals surface area (Å²) in [5.41, 5.74) is 3.35.